The molecule has 0 aliphatic rings. The summed E-state index contributed by atoms with van der Waals surface area (Å²) in [6.45, 7) is -0.302. The molecule has 1 aromatic heterocycles. The summed E-state index contributed by atoms with van der Waals surface area (Å²) in [6, 6.07) is 21.7. The van der Waals surface area contributed by atoms with Crippen molar-refractivity contribution in [2.75, 3.05) is 0 Å². The molecule has 0 saturated heterocycles. The van der Waals surface area contributed by atoms with Crippen LogP contribution in [0.2, 0.25) is 5.02 Å². The van der Waals surface area contributed by atoms with Crippen LogP contribution in [0.3, 0.4) is 0 Å². The summed E-state index contributed by atoms with van der Waals surface area (Å²) in [5, 5.41) is 8.91. The molecule has 0 spiro atoms. The molecule has 0 N–H and O–H groups in total. The Kier molecular flexibility index (Phi) is 6.11. The fourth-order valence-corrected chi connectivity index (χ4v) is 3.73. The van der Waals surface area contributed by atoms with Crippen molar-refractivity contribution in [1.29, 1.82) is 0 Å². The Labute approximate surface area is 181 Å². The van der Waals surface area contributed by atoms with Crippen LogP contribution in [-0.4, -0.2) is 21.0 Å². The monoisotopic (exact) mass is 437 g/mol. The van der Waals surface area contributed by atoms with Gasteiger partial charge in [-0.1, -0.05) is 41.1 Å². The minimum atomic E-state index is -0.534. The number of carbonyl (C=O) groups is 1. The van der Waals surface area contributed by atoms with Crippen LogP contribution >= 0.6 is 23.4 Å². The van der Waals surface area contributed by atoms with Crippen LogP contribution in [-0.2, 0) is 17.2 Å². The van der Waals surface area contributed by atoms with Gasteiger partial charge in [-0.05, 0) is 54.1 Å². The molecule has 4 rings (SSSR count). The molecule has 0 atom stereocenters. The van der Waals surface area contributed by atoms with Crippen LogP contribution in [0.25, 0.3) is 10.9 Å². The standard InChI is InChI=1S/C22H16ClN3O3S/c23-17-9-11-18(12-10-17)30-13-15-5-7-16(8-6-15)22(28)29-14-26-21(27)19-3-1-2-4-20(19)24-25-26/h1-12H,13-14H2. The topological polar surface area (TPSA) is 74.1 Å². The van der Waals surface area contributed by atoms with E-state index in [9.17, 15) is 9.59 Å². The number of hydrogen-bond acceptors (Lipinski definition) is 6. The zero-order valence-corrected chi connectivity index (χ0v) is 17.3. The smallest absolute Gasteiger partial charge is 0.339 e. The molecule has 0 unspecified atom stereocenters. The lowest BCUT2D eigenvalue weighted by Gasteiger charge is -2.07. The average molecular weight is 438 g/mol. The normalized spacial score (nSPS) is 10.8. The maximum Gasteiger partial charge on any atom is 0.339 e. The Morgan fingerprint density at radius 3 is 2.50 bits per heavy atom. The predicted octanol–water partition coefficient (Wildman–Crippen LogP) is 4.55. The van der Waals surface area contributed by atoms with Gasteiger partial charge in [0.1, 0.15) is 5.52 Å². The van der Waals surface area contributed by atoms with Gasteiger partial charge in [0.05, 0.1) is 10.9 Å². The molecule has 0 aliphatic carbocycles. The van der Waals surface area contributed by atoms with Crippen LogP contribution in [0, 0.1) is 0 Å². The van der Waals surface area contributed by atoms with E-state index in [-0.39, 0.29) is 12.3 Å². The molecule has 1 heterocycles. The quantitative estimate of drug-likeness (QED) is 0.325. The summed E-state index contributed by atoms with van der Waals surface area (Å²) >= 11 is 7.57. The van der Waals surface area contributed by atoms with Gasteiger partial charge in [0, 0.05) is 15.7 Å². The van der Waals surface area contributed by atoms with E-state index in [4.69, 9.17) is 16.3 Å². The zero-order chi connectivity index (χ0) is 20.9. The summed E-state index contributed by atoms with van der Waals surface area (Å²) in [7, 11) is 0. The molecule has 150 valence electrons. The number of nitrogens with zero attached hydrogens (tertiary/aromatic N) is 3. The first-order valence-corrected chi connectivity index (χ1v) is 10.4. The first-order valence-electron chi connectivity index (χ1n) is 9.07. The Morgan fingerprint density at radius 2 is 1.73 bits per heavy atom. The molecule has 0 amide bonds. The fraction of sp³-hybridized carbons (Fsp3) is 0.0909. The molecule has 0 fully saturated rings. The number of thioether (sulfide) groups is 1. The van der Waals surface area contributed by atoms with E-state index < -0.39 is 5.97 Å². The second-order valence-corrected chi connectivity index (χ2v) is 7.90. The van der Waals surface area contributed by atoms with Gasteiger partial charge >= 0.3 is 5.97 Å². The van der Waals surface area contributed by atoms with Crippen LogP contribution < -0.4 is 5.56 Å². The molecule has 6 nitrogen and oxygen atoms in total. The molecule has 3 aromatic carbocycles. The predicted molar refractivity (Wildman–Crippen MR) is 117 cm³/mol. The summed E-state index contributed by atoms with van der Waals surface area (Å²) in [5.41, 5.74) is 1.61. The summed E-state index contributed by atoms with van der Waals surface area (Å²) in [4.78, 5) is 25.8. The molecule has 8 heteroatoms. The fourth-order valence-electron chi connectivity index (χ4n) is 2.75. The van der Waals surface area contributed by atoms with Crippen LogP contribution in [0.1, 0.15) is 15.9 Å². The van der Waals surface area contributed by atoms with Gasteiger partial charge in [0.2, 0.25) is 0 Å². The lowest BCUT2D eigenvalue weighted by atomic mass is 10.1. The Morgan fingerprint density at radius 1 is 1.00 bits per heavy atom. The second kappa shape index (κ2) is 9.11. The maximum absolute atomic E-state index is 12.4. The minimum absolute atomic E-state index is 0.302. The summed E-state index contributed by atoms with van der Waals surface area (Å²) in [5.74, 6) is 0.229. The molecule has 0 aliphatic heterocycles. The van der Waals surface area contributed by atoms with Crippen molar-refractivity contribution in [2.24, 2.45) is 0 Å². The number of esters is 1. The van der Waals surface area contributed by atoms with E-state index in [2.05, 4.69) is 10.3 Å². The third-order valence-electron chi connectivity index (χ3n) is 4.36. The highest BCUT2D eigenvalue weighted by atomic mass is 35.5. The van der Waals surface area contributed by atoms with Crippen molar-refractivity contribution in [3.63, 3.8) is 0 Å². The van der Waals surface area contributed by atoms with E-state index in [1.807, 2.05) is 36.4 Å². The number of rotatable bonds is 6. The number of carbonyl (C=O) groups excluding carboxylic acids is 1. The maximum atomic E-state index is 12.4. The van der Waals surface area contributed by atoms with E-state index in [1.54, 1.807) is 48.2 Å². The molecule has 0 bridgehead atoms. The summed E-state index contributed by atoms with van der Waals surface area (Å²) in [6.07, 6.45) is 0. The zero-order valence-electron chi connectivity index (χ0n) is 15.7. The molecule has 0 radical (unpaired) electrons. The third kappa shape index (κ3) is 4.69. The number of ether oxygens (including phenoxy) is 1. The SMILES string of the molecule is O=C(OCn1nnc2ccccc2c1=O)c1ccc(CSc2ccc(Cl)cc2)cc1. The summed E-state index contributed by atoms with van der Waals surface area (Å²) < 4.78 is 6.25. The number of fused-ring (bicyclic) bond motifs is 1. The Balaban J connectivity index is 1.36. The van der Waals surface area contributed by atoms with Gasteiger partial charge in [-0.2, -0.15) is 4.68 Å². The van der Waals surface area contributed by atoms with Crippen molar-refractivity contribution in [3.05, 3.63) is 99.3 Å². The first kappa shape index (κ1) is 20.1. The number of aromatic nitrogens is 3. The van der Waals surface area contributed by atoms with E-state index in [0.717, 1.165) is 20.9 Å². The number of halogens is 1. The molecule has 4 aromatic rings. The van der Waals surface area contributed by atoms with Gasteiger partial charge in [-0.15, -0.1) is 16.9 Å². The van der Waals surface area contributed by atoms with Gasteiger partial charge in [-0.3, -0.25) is 4.79 Å². The average Bonchev–Trinajstić information content (AvgIpc) is 2.78. The van der Waals surface area contributed by atoms with E-state index >= 15 is 0 Å². The van der Waals surface area contributed by atoms with Gasteiger partial charge in [-0.25, -0.2) is 4.79 Å². The highest BCUT2D eigenvalue weighted by Gasteiger charge is 2.10. The largest absolute Gasteiger partial charge is 0.439 e. The molecular formula is C22H16ClN3O3S. The third-order valence-corrected chi connectivity index (χ3v) is 5.69. The van der Waals surface area contributed by atoms with Crippen LogP contribution in [0.15, 0.2) is 82.5 Å². The highest BCUT2D eigenvalue weighted by molar-refractivity contribution is 7.98. The van der Waals surface area contributed by atoms with Crippen molar-refractivity contribution in [1.82, 2.24) is 15.0 Å². The Hall–Kier alpha value is -3.16. The molecular weight excluding hydrogens is 422 g/mol. The van der Waals surface area contributed by atoms with E-state index in [1.165, 1.54) is 0 Å². The Bertz CT molecular complexity index is 1240. The van der Waals surface area contributed by atoms with Crippen molar-refractivity contribution < 1.29 is 9.53 Å². The van der Waals surface area contributed by atoms with Crippen molar-refractivity contribution >= 4 is 40.2 Å². The highest BCUT2D eigenvalue weighted by Crippen LogP contribution is 2.24. The van der Waals surface area contributed by atoms with E-state index in [0.29, 0.717) is 21.5 Å². The second-order valence-electron chi connectivity index (χ2n) is 6.41. The lowest BCUT2D eigenvalue weighted by Crippen LogP contribution is -2.26. The molecule has 30 heavy (non-hydrogen) atoms. The van der Waals surface area contributed by atoms with Gasteiger partial charge in [0.25, 0.3) is 5.56 Å². The lowest BCUT2D eigenvalue weighted by molar-refractivity contribution is 0.0336. The van der Waals surface area contributed by atoms with Crippen LogP contribution in [0.5, 0.6) is 0 Å². The minimum Gasteiger partial charge on any atom is -0.439 e. The van der Waals surface area contributed by atoms with Crippen molar-refractivity contribution in [2.45, 2.75) is 17.4 Å². The first-order chi connectivity index (χ1) is 14.6. The number of hydrogen-bond donors (Lipinski definition) is 0. The van der Waals surface area contributed by atoms with Gasteiger partial charge in [0.15, 0.2) is 6.73 Å². The van der Waals surface area contributed by atoms with Crippen molar-refractivity contribution in [3.8, 4) is 0 Å². The van der Waals surface area contributed by atoms with Crippen LogP contribution in [0.4, 0.5) is 0 Å². The number of benzene rings is 3. The van der Waals surface area contributed by atoms with Gasteiger partial charge < -0.3 is 4.74 Å². The molecule has 0 saturated carbocycles.